The number of aromatic nitrogens is 1. The lowest BCUT2D eigenvalue weighted by atomic mass is 10.1. The highest BCUT2D eigenvalue weighted by atomic mass is 35.5. The quantitative estimate of drug-likeness (QED) is 0.263. The maximum atomic E-state index is 6.06. The number of benzene rings is 2. The average molecular weight is 516 g/mol. The van der Waals surface area contributed by atoms with Crippen LogP contribution in [-0.4, -0.2) is 72.7 Å². The molecule has 2 aliphatic heterocycles. The second-order valence-electron chi connectivity index (χ2n) is 9.91. The lowest BCUT2D eigenvalue weighted by Gasteiger charge is -2.26. The number of nitrogens with zero attached hydrogens (tertiary/aromatic N) is 3. The Kier molecular flexibility index (Phi) is 11.5. The normalized spacial score (nSPS) is 16.9. The first-order chi connectivity index (χ1) is 16.8. The first-order valence-electron chi connectivity index (χ1n) is 13.4. The predicted octanol–water partition coefficient (Wildman–Crippen LogP) is 5.49. The number of hydrogen-bond donors (Lipinski definition) is 0. The number of hydrogen-bond acceptors (Lipinski definition) is 5. The lowest BCUT2D eigenvalue weighted by Crippen LogP contribution is -2.31. The van der Waals surface area contributed by atoms with Gasteiger partial charge in [0.1, 0.15) is 11.5 Å². The van der Waals surface area contributed by atoms with Crippen LogP contribution in [0.25, 0.3) is 21.8 Å². The van der Waals surface area contributed by atoms with E-state index in [9.17, 15) is 0 Å². The van der Waals surface area contributed by atoms with Crippen LogP contribution in [0.1, 0.15) is 51.4 Å². The Morgan fingerprint density at radius 2 is 1.06 bits per heavy atom. The van der Waals surface area contributed by atoms with Crippen LogP contribution in [0.3, 0.4) is 0 Å². The molecule has 0 aliphatic carbocycles. The highest BCUT2D eigenvalue weighted by Gasteiger charge is 2.11. The van der Waals surface area contributed by atoms with Crippen molar-refractivity contribution in [2.75, 3.05) is 52.5 Å². The first-order valence-corrected chi connectivity index (χ1v) is 13.4. The second kappa shape index (κ2) is 14.6. The maximum absolute atomic E-state index is 6.06. The fourth-order valence-electron chi connectivity index (χ4n) is 5.28. The maximum Gasteiger partial charge on any atom is 0.121 e. The minimum Gasteiger partial charge on any atom is -0.493 e. The van der Waals surface area contributed by atoms with E-state index >= 15 is 0 Å². The molecule has 0 radical (unpaired) electrons. The van der Waals surface area contributed by atoms with Gasteiger partial charge in [-0.25, -0.2) is 4.98 Å². The van der Waals surface area contributed by atoms with Crippen molar-refractivity contribution in [3.63, 3.8) is 0 Å². The van der Waals surface area contributed by atoms with Crippen LogP contribution in [0.4, 0.5) is 0 Å². The number of piperidine rings is 2. The number of pyridine rings is 1. The molecule has 2 aliphatic rings. The molecule has 2 N–H and O–H groups in total. The molecule has 5 rings (SSSR count). The summed E-state index contributed by atoms with van der Waals surface area (Å²) in [6, 6.07) is 14.7. The van der Waals surface area contributed by atoms with Crippen molar-refractivity contribution >= 4 is 34.2 Å². The van der Waals surface area contributed by atoms with Gasteiger partial charge >= 0.3 is 0 Å². The zero-order valence-electron chi connectivity index (χ0n) is 21.4. The molecule has 3 heterocycles. The second-order valence-corrected chi connectivity index (χ2v) is 9.91. The molecule has 0 bridgehead atoms. The summed E-state index contributed by atoms with van der Waals surface area (Å²) >= 11 is 0. The van der Waals surface area contributed by atoms with Crippen LogP contribution in [0.5, 0.6) is 11.5 Å². The Morgan fingerprint density at radius 1 is 0.611 bits per heavy atom. The molecule has 3 aromatic rings. The summed E-state index contributed by atoms with van der Waals surface area (Å²) in [7, 11) is 0. The molecule has 0 amide bonds. The van der Waals surface area contributed by atoms with Gasteiger partial charge in [-0.2, -0.15) is 0 Å². The van der Waals surface area contributed by atoms with E-state index in [1.54, 1.807) is 0 Å². The van der Waals surface area contributed by atoms with Gasteiger partial charge < -0.3 is 24.7 Å². The van der Waals surface area contributed by atoms with Crippen LogP contribution in [0.2, 0.25) is 0 Å². The van der Waals surface area contributed by atoms with Gasteiger partial charge in [0.05, 0.1) is 24.2 Å². The molecular formula is C29H42ClN3O3. The van der Waals surface area contributed by atoms with Crippen molar-refractivity contribution in [1.82, 2.24) is 14.8 Å². The van der Waals surface area contributed by atoms with Gasteiger partial charge in [-0.3, -0.25) is 0 Å². The predicted molar refractivity (Wildman–Crippen MR) is 151 cm³/mol. The number of halogens is 1. The summed E-state index contributed by atoms with van der Waals surface area (Å²) in [6.45, 7) is 8.77. The van der Waals surface area contributed by atoms with Gasteiger partial charge in [0.15, 0.2) is 0 Å². The van der Waals surface area contributed by atoms with Crippen molar-refractivity contribution < 1.29 is 14.9 Å². The molecule has 2 aromatic carbocycles. The molecule has 36 heavy (non-hydrogen) atoms. The Bertz CT molecular complexity index is 987. The highest BCUT2D eigenvalue weighted by molar-refractivity contribution is 5.93. The van der Waals surface area contributed by atoms with Crippen molar-refractivity contribution in [1.29, 1.82) is 0 Å². The fraction of sp³-hybridized carbons (Fsp3) is 0.552. The summed E-state index contributed by atoms with van der Waals surface area (Å²) < 4.78 is 12.1. The summed E-state index contributed by atoms with van der Waals surface area (Å²) in [5.74, 6) is 1.81. The molecule has 198 valence electrons. The zero-order chi connectivity index (χ0) is 23.0. The molecule has 0 unspecified atom stereocenters. The van der Waals surface area contributed by atoms with Crippen LogP contribution in [0.15, 0.2) is 42.5 Å². The first kappa shape index (κ1) is 28.5. The summed E-state index contributed by atoms with van der Waals surface area (Å²) in [5, 5.41) is 2.28. The minimum absolute atomic E-state index is 0. The van der Waals surface area contributed by atoms with E-state index in [-0.39, 0.29) is 17.9 Å². The van der Waals surface area contributed by atoms with E-state index in [1.807, 2.05) is 0 Å². The minimum atomic E-state index is 0. The number of likely N-dealkylation sites (tertiary alicyclic amines) is 2. The summed E-state index contributed by atoms with van der Waals surface area (Å²) in [5.41, 5.74) is 1.95. The lowest BCUT2D eigenvalue weighted by molar-refractivity contribution is 0.205. The molecule has 2 fully saturated rings. The topological polar surface area (TPSA) is 69.3 Å². The summed E-state index contributed by atoms with van der Waals surface area (Å²) in [4.78, 5) is 10.1. The monoisotopic (exact) mass is 515 g/mol. The Labute approximate surface area is 221 Å². The van der Waals surface area contributed by atoms with E-state index in [1.165, 1.54) is 64.7 Å². The average Bonchev–Trinajstić information content (AvgIpc) is 2.89. The van der Waals surface area contributed by atoms with E-state index < -0.39 is 0 Å². The van der Waals surface area contributed by atoms with Crippen LogP contribution in [0, 0.1) is 0 Å². The largest absolute Gasteiger partial charge is 0.493 e. The third kappa shape index (κ3) is 7.94. The van der Waals surface area contributed by atoms with Gasteiger partial charge in [-0.05, 0) is 95.0 Å². The summed E-state index contributed by atoms with van der Waals surface area (Å²) in [6.07, 6.45) is 10.3. The van der Waals surface area contributed by atoms with Crippen LogP contribution >= 0.6 is 12.4 Å². The smallest absolute Gasteiger partial charge is 0.121 e. The third-order valence-corrected chi connectivity index (χ3v) is 7.23. The number of ether oxygens (including phenoxy) is 2. The number of fused-ring (bicyclic) bond motifs is 2. The molecular weight excluding hydrogens is 474 g/mol. The molecule has 7 heteroatoms. The Morgan fingerprint density at radius 3 is 1.50 bits per heavy atom. The third-order valence-electron chi connectivity index (χ3n) is 7.23. The molecule has 2 saturated heterocycles. The van der Waals surface area contributed by atoms with E-state index in [2.05, 4.69) is 52.3 Å². The Balaban J connectivity index is 0.00000180. The SMILES string of the molecule is Cl.O.c1cc2cc3ccc(OCCCN4CCCCC4)cc3nc2cc1OCCCN1CCCCC1. The van der Waals surface area contributed by atoms with Crippen molar-refractivity contribution in [3.05, 3.63) is 42.5 Å². The van der Waals surface area contributed by atoms with Crippen molar-refractivity contribution in [2.24, 2.45) is 0 Å². The van der Waals surface area contributed by atoms with E-state index in [0.29, 0.717) is 0 Å². The molecule has 0 atom stereocenters. The van der Waals surface area contributed by atoms with E-state index in [0.717, 1.165) is 72.4 Å². The fourth-order valence-corrected chi connectivity index (χ4v) is 5.28. The van der Waals surface area contributed by atoms with Gasteiger partial charge in [-0.15, -0.1) is 12.4 Å². The van der Waals surface area contributed by atoms with Gasteiger partial charge in [-0.1, -0.05) is 12.8 Å². The standard InChI is InChI=1S/C29H39N3O2.ClH.H2O/c1-3-13-31(14-4-1)17-7-19-33-26-11-9-24-21-25-10-12-27(23-29(25)30-28(24)22-26)34-20-8-18-32-15-5-2-6-16-32;;/h9-12,21-23H,1-8,13-20H2;1H;1H2. The molecule has 0 saturated carbocycles. The van der Waals surface area contributed by atoms with Gasteiger partial charge in [0, 0.05) is 36.0 Å². The molecule has 6 nitrogen and oxygen atoms in total. The van der Waals surface area contributed by atoms with Crippen LogP contribution in [-0.2, 0) is 0 Å². The molecule has 1 aromatic heterocycles. The van der Waals surface area contributed by atoms with E-state index in [4.69, 9.17) is 14.5 Å². The van der Waals surface area contributed by atoms with Crippen molar-refractivity contribution in [2.45, 2.75) is 51.4 Å². The van der Waals surface area contributed by atoms with Gasteiger partial charge in [0.2, 0.25) is 0 Å². The van der Waals surface area contributed by atoms with Gasteiger partial charge in [0.25, 0.3) is 0 Å². The van der Waals surface area contributed by atoms with Crippen molar-refractivity contribution in [3.8, 4) is 11.5 Å². The Hall–Kier alpha value is -2.12. The highest BCUT2D eigenvalue weighted by Crippen LogP contribution is 2.26. The zero-order valence-corrected chi connectivity index (χ0v) is 22.2. The molecule has 0 spiro atoms. The number of rotatable bonds is 10. The van der Waals surface area contributed by atoms with Crippen LogP contribution < -0.4 is 9.47 Å².